The molecule has 96 valence electrons. The van der Waals surface area contributed by atoms with Crippen molar-refractivity contribution in [3.8, 4) is 6.07 Å². The number of aliphatic hydroxyl groups is 1. The van der Waals surface area contributed by atoms with Crippen molar-refractivity contribution in [2.45, 2.75) is 30.2 Å². The number of pyridine rings is 1. The first-order valence-electron chi connectivity index (χ1n) is 5.90. The van der Waals surface area contributed by atoms with Gasteiger partial charge in [-0.3, -0.25) is 4.98 Å². The highest BCUT2D eigenvalue weighted by Gasteiger charge is 2.09. The number of nitrogens with zero attached hydrogens (tertiary/aromatic N) is 2. The molecule has 0 aliphatic carbocycles. The Morgan fingerprint density at radius 2 is 1.95 bits per heavy atom. The number of rotatable bonds is 3. The third kappa shape index (κ3) is 3.14. The summed E-state index contributed by atoms with van der Waals surface area (Å²) in [6.07, 6.45) is 0. The average Bonchev–Trinajstić information content (AvgIpc) is 2.39. The molecule has 0 aliphatic rings. The summed E-state index contributed by atoms with van der Waals surface area (Å²) in [5.41, 5.74) is 3.18. The lowest BCUT2D eigenvalue weighted by Gasteiger charge is -2.08. The van der Waals surface area contributed by atoms with Gasteiger partial charge in [-0.2, -0.15) is 5.26 Å². The summed E-state index contributed by atoms with van der Waals surface area (Å²) in [5, 5.41) is 18.2. The monoisotopic (exact) mass is 270 g/mol. The van der Waals surface area contributed by atoms with Crippen molar-refractivity contribution in [2.75, 3.05) is 0 Å². The fourth-order valence-corrected chi connectivity index (χ4v) is 2.85. The SMILES string of the molecule is Cc1cc(Sc2ccc(CO)cc2)c(C#N)c(C)n1. The standard InChI is InChI=1S/C15H14N2OS/c1-10-7-15(14(8-16)11(2)17-10)19-13-5-3-12(9-18)4-6-13/h3-7,18H,9H2,1-2H3. The summed E-state index contributed by atoms with van der Waals surface area (Å²) >= 11 is 1.54. The predicted octanol–water partition coefficient (Wildman–Crippen LogP) is 3.21. The minimum absolute atomic E-state index is 0.0435. The zero-order chi connectivity index (χ0) is 13.8. The van der Waals surface area contributed by atoms with Crippen LogP contribution in [0.15, 0.2) is 40.1 Å². The maximum absolute atomic E-state index is 9.21. The molecule has 0 aliphatic heterocycles. The molecule has 1 N–H and O–H groups in total. The fourth-order valence-electron chi connectivity index (χ4n) is 1.80. The second-order valence-electron chi connectivity index (χ2n) is 4.24. The van der Waals surface area contributed by atoms with Crippen molar-refractivity contribution in [2.24, 2.45) is 0 Å². The second-order valence-corrected chi connectivity index (χ2v) is 5.35. The number of aliphatic hydroxyl groups excluding tert-OH is 1. The van der Waals surface area contributed by atoms with Crippen molar-refractivity contribution >= 4 is 11.8 Å². The van der Waals surface area contributed by atoms with E-state index in [1.807, 2.05) is 44.2 Å². The molecule has 1 aromatic carbocycles. The van der Waals surface area contributed by atoms with Crippen molar-refractivity contribution in [3.05, 3.63) is 52.8 Å². The Morgan fingerprint density at radius 3 is 2.53 bits per heavy atom. The van der Waals surface area contributed by atoms with E-state index in [1.54, 1.807) is 11.8 Å². The highest BCUT2D eigenvalue weighted by molar-refractivity contribution is 7.99. The maximum atomic E-state index is 9.21. The molecule has 2 aromatic rings. The first-order valence-corrected chi connectivity index (χ1v) is 6.71. The van der Waals surface area contributed by atoms with Crippen LogP contribution in [0.5, 0.6) is 0 Å². The zero-order valence-electron chi connectivity index (χ0n) is 10.8. The number of benzene rings is 1. The van der Waals surface area contributed by atoms with Gasteiger partial charge in [0.15, 0.2) is 0 Å². The predicted molar refractivity (Wildman–Crippen MR) is 74.9 cm³/mol. The number of hydrogen-bond donors (Lipinski definition) is 1. The van der Waals surface area contributed by atoms with Crippen molar-refractivity contribution in [3.63, 3.8) is 0 Å². The molecule has 0 saturated carbocycles. The van der Waals surface area contributed by atoms with Crippen LogP contribution in [-0.4, -0.2) is 10.1 Å². The zero-order valence-corrected chi connectivity index (χ0v) is 11.7. The lowest BCUT2D eigenvalue weighted by molar-refractivity contribution is 0.282. The molecule has 3 nitrogen and oxygen atoms in total. The third-order valence-electron chi connectivity index (χ3n) is 2.74. The van der Waals surface area contributed by atoms with Gasteiger partial charge in [-0.05, 0) is 37.6 Å². The number of nitriles is 1. The molecule has 0 atom stereocenters. The van der Waals surface area contributed by atoms with Crippen LogP contribution in [0.4, 0.5) is 0 Å². The molecule has 4 heteroatoms. The molecule has 1 heterocycles. The van der Waals surface area contributed by atoms with Crippen LogP contribution in [0.1, 0.15) is 22.5 Å². The first kappa shape index (κ1) is 13.6. The Balaban J connectivity index is 2.34. The summed E-state index contributed by atoms with van der Waals surface area (Å²) in [7, 11) is 0. The van der Waals surface area contributed by atoms with Gasteiger partial charge in [0.05, 0.1) is 17.9 Å². The summed E-state index contributed by atoms with van der Waals surface area (Å²) in [6, 6.07) is 11.8. The van der Waals surface area contributed by atoms with E-state index in [0.717, 1.165) is 26.7 Å². The van der Waals surface area contributed by atoms with Crippen LogP contribution in [0, 0.1) is 25.2 Å². The largest absolute Gasteiger partial charge is 0.392 e. The van der Waals surface area contributed by atoms with Crippen LogP contribution in [0.25, 0.3) is 0 Å². The van der Waals surface area contributed by atoms with Gasteiger partial charge in [0.1, 0.15) is 6.07 Å². The summed E-state index contributed by atoms with van der Waals surface area (Å²) in [6.45, 7) is 3.82. The van der Waals surface area contributed by atoms with Gasteiger partial charge in [-0.25, -0.2) is 0 Å². The van der Waals surface area contributed by atoms with Gasteiger partial charge < -0.3 is 5.11 Å². The quantitative estimate of drug-likeness (QED) is 0.930. The number of hydrogen-bond acceptors (Lipinski definition) is 4. The summed E-state index contributed by atoms with van der Waals surface area (Å²) in [4.78, 5) is 6.27. The Hall–Kier alpha value is -1.83. The maximum Gasteiger partial charge on any atom is 0.102 e. The lowest BCUT2D eigenvalue weighted by atomic mass is 10.2. The normalized spacial score (nSPS) is 10.2. The third-order valence-corrected chi connectivity index (χ3v) is 3.79. The average molecular weight is 270 g/mol. The molecule has 0 radical (unpaired) electrons. The fraction of sp³-hybridized carbons (Fsp3) is 0.200. The van der Waals surface area contributed by atoms with Gasteiger partial charge in [0, 0.05) is 15.5 Å². The minimum Gasteiger partial charge on any atom is -0.392 e. The molecule has 0 spiro atoms. The van der Waals surface area contributed by atoms with Gasteiger partial charge in [-0.1, -0.05) is 23.9 Å². The number of aryl methyl sites for hydroxylation is 2. The van der Waals surface area contributed by atoms with Crippen molar-refractivity contribution in [1.29, 1.82) is 5.26 Å². The molecule has 0 fully saturated rings. The smallest absolute Gasteiger partial charge is 0.102 e. The van der Waals surface area contributed by atoms with E-state index in [1.165, 1.54) is 0 Å². The molecule has 0 unspecified atom stereocenters. The molecular weight excluding hydrogens is 256 g/mol. The second kappa shape index (κ2) is 5.87. The van der Waals surface area contributed by atoms with Crippen LogP contribution < -0.4 is 0 Å². The van der Waals surface area contributed by atoms with E-state index in [4.69, 9.17) is 5.11 Å². The highest BCUT2D eigenvalue weighted by Crippen LogP contribution is 2.31. The number of aromatic nitrogens is 1. The molecule has 0 bridgehead atoms. The lowest BCUT2D eigenvalue weighted by Crippen LogP contribution is -1.94. The molecule has 0 amide bonds. The van der Waals surface area contributed by atoms with Crippen LogP contribution in [0.3, 0.4) is 0 Å². The Morgan fingerprint density at radius 1 is 1.26 bits per heavy atom. The first-order chi connectivity index (χ1) is 9.13. The highest BCUT2D eigenvalue weighted by atomic mass is 32.2. The van der Waals surface area contributed by atoms with Crippen LogP contribution in [0.2, 0.25) is 0 Å². The van der Waals surface area contributed by atoms with E-state index >= 15 is 0 Å². The van der Waals surface area contributed by atoms with E-state index in [-0.39, 0.29) is 6.61 Å². The summed E-state index contributed by atoms with van der Waals surface area (Å²) in [5.74, 6) is 0. The molecule has 19 heavy (non-hydrogen) atoms. The van der Waals surface area contributed by atoms with E-state index in [0.29, 0.717) is 5.56 Å². The van der Waals surface area contributed by atoms with Gasteiger partial charge in [0.2, 0.25) is 0 Å². The molecule has 2 rings (SSSR count). The van der Waals surface area contributed by atoms with Crippen LogP contribution in [-0.2, 0) is 6.61 Å². The van der Waals surface area contributed by atoms with Crippen molar-refractivity contribution < 1.29 is 5.11 Å². The summed E-state index contributed by atoms with van der Waals surface area (Å²) < 4.78 is 0. The molecule has 0 saturated heterocycles. The van der Waals surface area contributed by atoms with Crippen molar-refractivity contribution in [1.82, 2.24) is 4.98 Å². The minimum atomic E-state index is 0.0435. The van der Waals surface area contributed by atoms with Crippen LogP contribution >= 0.6 is 11.8 Å². The van der Waals surface area contributed by atoms with Gasteiger partial charge in [0.25, 0.3) is 0 Å². The van der Waals surface area contributed by atoms with E-state index in [9.17, 15) is 5.26 Å². The molecule has 1 aromatic heterocycles. The Kier molecular flexibility index (Phi) is 4.20. The van der Waals surface area contributed by atoms with Gasteiger partial charge in [-0.15, -0.1) is 0 Å². The molecular formula is C15H14N2OS. The van der Waals surface area contributed by atoms with Gasteiger partial charge >= 0.3 is 0 Å². The Labute approximate surface area is 116 Å². The van der Waals surface area contributed by atoms with E-state index in [2.05, 4.69) is 11.1 Å². The van der Waals surface area contributed by atoms with E-state index < -0.39 is 0 Å². The topological polar surface area (TPSA) is 56.9 Å². The Bertz CT molecular complexity index is 630.